The number of aromatic nitrogens is 1. The molecular formula is C11H14INO. The first-order chi connectivity index (χ1) is 6.68. The van der Waals surface area contributed by atoms with E-state index in [4.69, 9.17) is 4.74 Å². The molecule has 1 aliphatic carbocycles. The molecule has 1 fully saturated rings. The minimum absolute atomic E-state index is 0.464. The van der Waals surface area contributed by atoms with Crippen molar-refractivity contribution in [2.75, 3.05) is 0 Å². The van der Waals surface area contributed by atoms with E-state index < -0.39 is 0 Å². The molecule has 1 aromatic rings. The maximum atomic E-state index is 5.85. The SMILES string of the molecule is CC(C)c1c(OC2CC2)ccnc1I. The van der Waals surface area contributed by atoms with Crippen LogP contribution in [0.4, 0.5) is 0 Å². The van der Waals surface area contributed by atoms with Crippen LogP contribution in [0.5, 0.6) is 5.75 Å². The lowest BCUT2D eigenvalue weighted by Crippen LogP contribution is -2.03. The molecule has 2 rings (SSSR count). The molecule has 2 nitrogen and oxygen atoms in total. The maximum Gasteiger partial charge on any atom is 0.127 e. The van der Waals surface area contributed by atoms with Crippen LogP contribution < -0.4 is 4.74 Å². The molecule has 1 aliphatic rings. The average Bonchev–Trinajstić information content (AvgIpc) is 2.87. The number of halogens is 1. The Morgan fingerprint density at radius 2 is 2.21 bits per heavy atom. The van der Waals surface area contributed by atoms with Gasteiger partial charge in [-0.3, -0.25) is 0 Å². The minimum atomic E-state index is 0.464. The highest BCUT2D eigenvalue weighted by atomic mass is 127. The van der Waals surface area contributed by atoms with Crippen LogP contribution in [-0.4, -0.2) is 11.1 Å². The molecular weight excluding hydrogens is 289 g/mol. The summed E-state index contributed by atoms with van der Waals surface area (Å²) in [6.07, 6.45) is 4.70. The lowest BCUT2D eigenvalue weighted by atomic mass is 10.1. The van der Waals surface area contributed by atoms with Gasteiger partial charge in [-0.2, -0.15) is 0 Å². The van der Waals surface area contributed by atoms with Crippen LogP contribution in [0.15, 0.2) is 12.3 Å². The van der Waals surface area contributed by atoms with Crippen molar-refractivity contribution in [1.82, 2.24) is 4.98 Å². The van der Waals surface area contributed by atoms with Crippen LogP contribution in [0.1, 0.15) is 38.2 Å². The van der Waals surface area contributed by atoms with Crippen molar-refractivity contribution in [1.29, 1.82) is 0 Å². The Labute approximate surface area is 98.2 Å². The van der Waals surface area contributed by atoms with Crippen LogP contribution in [0, 0.1) is 3.70 Å². The third-order valence-electron chi connectivity index (χ3n) is 2.30. The van der Waals surface area contributed by atoms with Gasteiger partial charge < -0.3 is 4.74 Å². The van der Waals surface area contributed by atoms with Crippen LogP contribution in [-0.2, 0) is 0 Å². The van der Waals surface area contributed by atoms with Crippen molar-refractivity contribution < 1.29 is 4.74 Å². The Kier molecular flexibility index (Phi) is 2.95. The molecule has 0 amide bonds. The van der Waals surface area contributed by atoms with E-state index in [0.29, 0.717) is 12.0 Å². The average molecular weight is 303 g/mol. The quantitative estimate of drug-likeness (QED) is 0.631. The fourth-order valence-corrected chi connectivity index (χ4v) is 2.47. The van der Waals surface area contributed by atoms with E-state index in [1.54, 1.807) is 0 Å². The fraction of sp³-hybridized carbons (Fsp3) is 0.545. The van der Waals surface area contributed by atoms with Crippen LogP contribution in [0.2, 0.25) is 0 Å². The smallest absolute Gasteiger partial charge is 0.127 e. The van der Waals surface area contributed by atoms with E-state index in [1.807, 2.05) is 12.3 Å². The maximum absolute atomic E-state index is 5.85. The second-order valence-corrected chi connectivity index (χ2v) is 5.01. The van der Waals surface area contributed by atoms with Gasteiger partial charge in [0.2, 0.25) is 0 Å². The zero-order valence-electron chi connectivity index (χ0n) is 8.46. The predicted octanol–water partition coefficient (Wildman–Crippen LogP) is 3.35. The van der Waals surface area contributed by atoms with Crippen LogP contribution in [0.25, 0.3) is 0 Å². The molecule has 1 heterocycles. The van der Waals surface area contributed by atoms with Gasteiger partial charge in [-0.1, -0.05) is 13.8 Å². The number of ether oxygens (including phenoxy) is 1. The van der Waals surface area contributed by atoms with E-state index in [0.717, 1.165) is 9.45 Å². The van der Waals surface area contributed by atoms with E-state index in [1.165, 1.54) is 18.4 Å². The van der Waals surface area contributed by atoms with Crippen LogP contribution in [0.3, 0.4) is 0 Å². The molecule has 0 saturated heterocycles. The Bertz CT molecular complexity index is 334. The number of nitrogens with zero attached hydrogens (tertiary/aromatic N) is 1. The molecule has 1 saturated carbocycles. The third-order valence-corrected chi connectivity index (χ3v) is 3.16. The number of hydrogen-bond acceptors (Lipinski definition) is 2. The highest BCUT2D eigenvalue weighted by molar-refractivity contribution is 14.1. The molecule has 76 valence electrons. The van der Waals surface area contributed by atoms with Gasteiger partial charge in [0.25, 0.3) is 0 Å². The second kappa shape index (κ2) is 4.04. The van der Waals surface area contributed by atoms with E-state index in [-0.39, 0.29) is 0 Å². The minimum Gasteiger partial charge on any atom is -0.490 e. The van der Waals surface area contributed by atoms with Crippen molar-refractivity contribution >= 4 is 22.6 Å². The Morgan fingerprint density at radius 3 is 2.79 bits per heavy atom. The summed E-state index contributed by atoms with van der Waals surface area (Å²) < 4.78 is 6.92. The fourth-order valence-electron chi connectivity index (χ4n) is 1.42. The molecule has 0 radical (unpaired) electrons. The van der Waals surface area contributed by atoms with Gasteiger partial charge in [0.15, 0.2) is 0 Å². The van der Waals surface area contributed by atoms with Crippen molar-refractivity contribution in [3.05, 3.63) is 21.5 Å². The lowest BCUT2D eigenvalue weighted by molar-refractivity contribution is 0.298. The molecule has 0 unspecified atom stereocenters. The summed E-state index contributed by atoms with van der Waals surface area (Å²) in [5, 5.41) is 0. The van der Waals surface area contributed by atoms with Crippen molar-refractivity contribution in [3.63, 3.8) is 0 Å². The van der Waals surface area contributed by atoms with E-state index in [9.17, 15) is 0 Å². The molecule has 0 aliphatic heterocycles. The van der Waals surface area contributed by atoms with Gasteiger partial charge >= 0.3 is 0 Å². The number of pyridine rings is 1. The van der Waals surface area contributed by atoms with Gasteiger partial charge in [0.1, 0.15) is 9.45 Å². The predicted molar refractivity (Wildman–Crippen MR) is 64.7 cm³/mol. The van der Waals surface area contributed by atoms with Gasteiger partial charge in [0.05, 0.1) is 6.10 Å². The normalized spacial score (nSPS) is 16.0. The van der Waals surface area contributed by atoms with E-state index >= 15 is 0 Å². The summed E-state index contributed by atoms with van der Waals surface area (Å²) in [6.45, 7) is 4.36. The first-order valence-corrected chi connectivity index (χ1v) is 6.07. The summed E-state index contributed by atoms with van der Waals surface area (Å²) in [7, 11) is 0. The van der Waals surface area contributed by atoms with Crippen molar-refractivity contribution in [2.24, 2.45) is 0 Å². The summed E-state index contributed by atoms with van der Waals surface area (Å²) in [5.74, 6) is 1.51. The first kappa shape index (κ1) is 10.2. The number of hydrogen-bond donors (Lipinski definition) is 0. The Hall–Kier alpha value is -0.320. The molecule has 0 bridgehead atoms. The summed E-state index contributed by atoms with van der Waals surface area (Å²) >= 11 is 2.28. The highest BCUT2D eigenvalue weighted by Crippen LogP contribution is 2.34. The zero-order valence-corrected chi connectivity index (χ0v) is 10.6. The summed E-state index contributed by atoms with van der Waals surface area (Å²) in [5.41, 5.74) is 1.25. The first-order valence-electron chi connectivity index (χ1n) is 4.99. The Balaban J connectivity index is 2.30. The molecule has 0 atom stereocenters. The Morgan fingerprint density at radius 1 is 1.50 bits per heavy atom. The van der Waals surface area contributed by atoms with Crippen molar-refractivity contribution in [3.8, 4) is 5.75 Å². The molecule has 14 heavy (non-hydrogen) atoms. The van der Waals surface area contributed by atoms with Crippen molar-refractivity contribution in [2.45, 2.75) is 38.7 Å². The topological polar surface area (TPSA) is 22.1 Å². The molecule has 0 spiro atoms. The zero-order chi connectivity index (χ0) is 10.1. The standard InChI is InChI=1S/C11H14INO/c1-7(2)10-9(14-8-3-4-8)5-6-13-11(10)12/h5-8H,3-4H2,1-2H3. The largest absolute Gasteiger partial charge is 0.490 e. The van der Waals surface area contributed by atoms with Gasteiger partial charge in [-0.15, -0.1) is 0 Å². The third kappa shape index (κ3) is 2.19. The van der Waals surface area contributed by atoms with E-state index in [2.05, 4.69) is 41.4 Å². The molecule has 3 heteroatoms. The highest BCUT2D eigenvalue weighted by Gasteiger charge is 2.25. The van der Waals surface area contributed by atoms with Gasteiger partial charge in [-0.05, 0) is 47.4 Å². The van der Waals surface area contributed by atoms with Gasteiger partial charge in [0, 0.05) is 11.8 Å². The molecule has 0 aromatic carbocycles. The lowest BCUT2D eigenvalue weighted by Gasteiger charge is -2.14. The summed E-state index contributed by atoms with van der Waals surface area (Å²) in [6, 6.07) is 1.98. The van der Waals surface area contributed by atoms with Gasteiger partial charge in [-0.25, -0.2) is 4.98 Å². The summed E-state index contributed by atoms with van der Waals surface area (Å²) in [4.78, 5) is 4.30. The molecule has 0 N–H and O–H groups in total. The monoisotopic (exact) mass is 303 g/mol. The number of rotatable bonds is 3. The van der Waals surface area contributed by atoms with Crippen LogP contribution >= 0.6 is 22.6 Å². The second-order valence-electron chi connectivity index (χ2n) is 3.99. The molecule has 1 aromatic heterocycles.